The number of nitriles is 1. The molecule has 0 rings (SSSR count). The third-order valence-electron chi connectivity index (χ3n) is 2.35. The largest absolute Gasteiger partial charge is 0.424 e. The number of hydrogen-bond donors (Lipinski definition) is 0. The molecule has 0 fully saturated rings. The second-order valence-corrected chi connectivity index (χ2v) is 5.49. The number of nitrogens with zero attached hydrogens (tertiary/aromatic N) is 1. The summed E-state index contributed by atoms with van der Waals surface area (Å²) >= 11 is 0. The van der Waals surface area contributed by atoms with Crippen LogP contribution in [0.1, 0.15) is 41.0 Å². The summed E-state index contributed by atoms with van der Waals surface area (Å²) < 4.78 is 15.8. The SMILES string of the molecule is CC(=O)COC(C)(C)CCOC(C)(C)COC#N. The molecule has 0 heterocycles. The van der Waals surface area contributed by atoms with E-state index in [9.17, 15) is 4.79 Å². The standard InChI is InChI=1S/C13H23NO4/c1-11(15)8-18-12(2,3)6-7-17-13(4,5)9-16-10-14/h6-9H2,1-5H3. The van der Waals surface area contributed by atoms with Crippen LogP contribution >= 0.6 is 0 Å². The first-order valence-corrected chi connectivity index (χ1v) is 5.97. The van der Waals surface area contributed by atoms with E-state index in [4.69, 9.17) is 14.7 Å². The lowest BCUT2D eigenvalue weighted by Crippen LogP contribution is -2.34. The van der Waals surface area contributed by atoms with Gasteiger partial charge in [0.2, 0.25) is 0 Å². The van der Waals surface area contributed by atoms with E-state index in [1.807, 2.05) is 27.7 Å². The molecule has 104 valence electrons. The van der Waals surface area contributed by atoms with Crippen molar-refractivity contribution < 1.29 is 19.0 Å². The van der Waals surface area contributed by atoms with Crippen LogP contribution < -0.4 is 0 Å². The summed E-state index contributed by atoms with van der Waals surface area (Å²) in [5.41, 5.74) is -0.912. The number of ether oxygens (including phenoxy) is 3. The van der Waals surface area contributed by atoms with Gasteiger partial charge < -0.3 is 14.2 Å². The molecule has 0 aromatic carbocycles. The van der Waals surface area contributed by atoms with Crippen LogP contribution in [0.4, 0.5) is 0 Å². The van der Waals surface area contributed by atoms with Gasteiger partial charge in [0, 0.05) is 0 Å². The van der Waals surface area contributed by atoms with Crippen molar-refractivity contribution in [3.05, 3.63) is 0 Å². The molecule has 0 spiro atoms. The number of rotatable bonds is 9. The molecule has 0 saturated carbocycles. The van der Waals surface area contributed by atoms with E-state index in [0.29, 0.717) is 13.0 Å². The van der Waals surface area contributed by atoms with Gasteiger partial charge in [-0.1, -0.05) is 0 Å². The Morgan fingerprint density at radius 2 is 1.78 bits per heavy atom. The highest BCUT2D eigenvalue weighted by atomic mass is 16.5. The molecule has 0 unspecified atom stereocenters. The monoisotopic (exact) mass is 257 g/mol. The Morgan fingerprint density at radius 1 is 1.17 bits per heavy atom. The second-order valence-electron chi connectivity index (χ2n) is 5.49. The highest BCUT2D eigenvalue weighted by Gasteiger charge is 2.23. The predicted molar refractivity (Wildman–Crippen MR) is 66.9 cm³/mol. The lowest BCUT2D eigenvalue weighted by molar-refractivity contribution is -0.130. The fraction of sp³-hybridized carbons (Fsp3) is 0.846. The summed E-state index contributed by atoms with van der Waals surface area (Å²) in [6.45, 7) is 9.85. The van der Waals surface area contributed by atoms with Crippen LogP contribution in [-0.4, -0.2) is 36.8 Å². The molecule has 0 aromatic rings. The Bertz CT molecular complexity index is 305. The quantitative estimate of drug-likeness (QED) is 0.591. The van der Waals surface area contributed by atoms with Gasteiger partial charge in [0.1, 0.15) is 13.2 Å². The summed E-state index contributed by atoms with van der Waals surface area (Å²) in [5, 5.41) is 8.33. The summed E-state index contributed by atoms with van der Waals surface area (Å²) in [7, 11) is 0. The predicted octanol–water partition coefficient (Wildman–Crippen LogP) is 2.05. The van der Waals surface area contributed by atoms with Crippen molar-refractivity contribution in [2.45, 2.75) is 52.2 Å². The second kappa shape index (κ2) is 7.34. The molecule has 0 atom stereocenters. The first-order chi connectivity index (χ1) is 8.18. The van der Waals surface area contributed by atoms with Crippen molar-refractivity contribution >= 4 is 5.78 Å². The van der Waals surface area contributed by atoms with Crippen LogP contribution in [0.5, 0.6) is 0 Å². The van der Waals surface area contributed by atoms with Gasteiger partial charge in [-0.3, -0.25) is 4.79 Å². The van der Waals surface area contributed by atoms with E-state index in [0.717, 1.165) is 0 Å². The first kappa shape index (κ1) is 16.9. The molecule has 5 nitrogen and oxygen atoms in total. The fourth-order valence-electron chi connectivity index (χ4n) is 1.19. The van der Waals surface area contributed by atoms with E-state index >= 15 is 0 Å². The maximum absolute atomic E-state index is 10.8. The van der Waals surface area contributed by atoms with Gasteiger partial charge in [-0.15, -0.1) is 0 Å². The molecule has 0 bridgehead atoms. The van der Waals surface area contributed by atoms with Crippen molar-refractivity contribution in [3.8, 4) is 6.26 Å². The maximum Gasteiger partial charge on any atom is 0.286 e. The van der Waals surface area contributed by atoms with E-state index in [2.05, 4.69) is 4.74 Å². The normalized spacial score (nSPS) is 12.0. The van der Waals surface area contributed by atoms with Crippen molar-refractivity contribution in [3.63, 3.8) is 0 Å². The minimum atomic E-state index is -0.508. The van der Waals surface area contributed by atoms with Gasteiger partial charge in [0.25, 0.3) is 6.26 Å². The number of hydrogen-bond acceptors (Lipinski definition) is 5. The lowest BCUT2D eigenvalue weighted by atomic mass is 10.1. The van der Waals surface area contributed by atoms with Crippen LogP contribution in [0.2, 0.25) is 0 Å². The Morgan fingerprint density at radius 3 is 2.28 bits per heavy atom. The minimum absolute atomic E-state index is 0.00624. The Kier molecular flexibility index (Phi) is 6.89. The van der Waals surface area contributed by atoms with Crippen LogP contribution in [0.15, 0.2) is 0 Å². The van der Waals surface area contributed by atoms with Gasteiger partial charge in [0.05, 0.1) is 17.8 Å². The summed E-state index contributed by atoms with van der Waals surface area (Å²) in [4.78, 5) is 10.8. The minimum Gasteiger partial charge on any atom is -0.424 e. The van der Waals surface area contributed by atoms with Crippen molar-refractivity contribution in [1.82, 2.24) is 0 Å². The smallest absolute Gasteiger partial charge is 0.286 e. The summed E-state index contributed by atoms with van der Waals surface area (Å²) in [6, 6.07) is 0. The molecule has 0 saturated heterocycles. The molecule has 5 heteroatoms. The molecule has 18 heavy (non-hydrogen) atoms. The van der Waals surface area contributed by atoms with E-state index < -0.39 is 11.2 Å². The van der Waals surface area contributed by atoms with E-state index in [1.165, 1.54) is 6.92 Å². The molecule has 0 amide bonds. The number of Topliss-reactive ketones (excluding diaryl/α,β-unsaturated/α-hetero) is 1. The summed E-state index contributed by atoms with van der Waals surface area (Å²) in [6.07, 6.45) is 2.28. The molecule has 0 N–H and O–H groups in total. The highest BCUT2D eigenvalue weighted by molar-refractivity contribution is 5.76. The molecular formula is C13H23NO4. The lowest BCUT2D eigenvalue weighted by Gasteiger charge is -2.28. The van der Waals surface area contributed by atoms with E-state index in [-0.39, 0.29) is 19.0 Å². The molecule has 0 radical (unpaired) electrons. The number of carbonyl (C=O) groups excluding carboxylic acids is 1. The zero-order chi connectivity index (χ0) is 14.2. The number of carbonyl (C=O) groups is 1. The van der Waals surface area contributed by atoms with Crippen molar-refractivity contribution in [2.24, 2.45) is 0 Å². The van der Waals surface area contributed by atoms with Crippen LogP contribution in [0.25, 0.3) is 0 Å². The third kappa shape index (κ3) is 8.97. The topological polar surface area (TPSA) is 68.6 Å². The Labute approximate surface area is 109 Å². The molecule has 0 aliphatic heterocycles. The van der Waals surface area contributed by atoms with Gasteiger partial charge in [-0.05, 0) is 41.0 Å². The Hall–Kier alpha value is -1.12. The fourth-order valence-corrected chi connectivity index (χ4v) is 1.19. The van der Waals surface area contributed by atoms with E-state index in [1.54, 1.807) is 6.26 Å². The van der Waals surface area contributed by atoms with Gasteiger partial charge >= 0.3 is 0 Å². The van der Waals surface area contributed by atoms with Crippen LogP contribution in [0.3, 0.4) is 0 Å². The maximum atomic E-state index is 10.8. The highest BCUT2D eigenvalue weighted by Crippen LogP contribution is 2.17. The van der Waals surface area contributed by atoms with Crippen molar-refractivity contribution in [1.29, 1.82) is 5.26 Å². The molecule has 0 aliphatic rings. The van der Waals surface area contributed by atoms with Gasteiger partial charge in [-0.2, -0.15) is 5.26 Å². The summed E-state index contributed by atoms with van der Waals surface area (Å²) in [5.74, 6) is 0.00624. The number of ketones is 1. The van der Waals surface area contributed by atoms with Crippen LogP contribution in [-0.2, 0) is 19.0 Å². The van der Waals surface area contributed by atoms with Gasteiger partial charge in [0.15, 0.2) is 5.78 Å². The average Bonchev–Trinajstić information content (AvgIpc) is 2.23. The zero-order valence-corrected chi connectivity index (χ0v) is 11.9. The molecular weight excluding hydrogens is 234 g/mol. The van der Waals surface area contributed by atoms with Crippen LogP contribution in [0, 0.1) is 11.5 Å². The Balaban J connectivity index is 3.94. The molecule has 0 aromatic heterocycles. The molecule has 0 aliphatic carbocycles. The first-order valence-electron chi connectivity index (χ1n) is 5.97. The average molecular weight is 257 g/mol. The third-order valence-corrected chi connectivity index (χ3v) is 2.35. The zero-order valence-electron chi connectivity index (χ0n) is 11.9. The van der Waals surface area contributed by atoms with Gasteiger partial charge in [-0.25, -0.2) is 0 Å². The van der Waals surface area contributed by atoms with Crippen molar-refractivity contribution in [2.75, 3.05) is 19.8 Å².